The first-order valence-electron chi connectivity index (χ1n) is 7.45. The van der Waals surface area contributed by atoms with Crippen LogP contribution in [0.4, 0.5) is 5.69 Å². The fourth-order valence-electron chi connectivity index (χ4n) is 2.91. The van der Waals surface area contributed by atoms with E-state index >= 15 is 0 Å². The van der Waals surface area contributed by atoms with Crippen LogP contribution in [-0.4, -0.2) is 33.7 Å². The van der Waals surface area contributed by atoms with Crippen LogP contribution in [0.3, 0.4) is 0 Å². The van der Waals surface area contributed by atoms with Gasteiger partial charge in [-0.05, 0) is 56.0 Å². The maximum absolute atomic E-state index is 11.6. The number of nitrogens with one attached hydrogen (secondary N) is 2. The topological polar surface area (TPSA) is 78.4 Å². The molecule has 1 aromatic carbocycles. The molecule has 0 radical (unpaired) electrons. The molecule has 0 amide bonds. The first kappa shape index (κ1) is 16.3. The van der Waals surface area contributed by atoms with Crippen LogP contribution in [0.2, 0.25) is 0 Å². The lowest BCUT2D eigenvalue weighted by atomic mass is 9.79. The van der Waals surface area contributed by atoms with Gasteiger partial charge in [-0.3, -0.25) is 0 Å². The first-order chi connectivity index (χ1) is 10.1. The van der Waals surface area contributed by atoms with Gasteiger partial charge in [0.15, 0.2) is 0 Å². The van der Waals surface area contributed by atoms with Crippen molar-refractivity contribution < 1.29 is 13.5 Å². The molecule has 1 aromatic rings. The molecule has 2 atom stereocenters. The fourth-order valence-corrected chi connectivity index (χ4v) is 3.64. The van der Waals surface area contributed by atoms with Crippen molar-refractivity contribution in [1.29, 1.82) is 0 Å². The van der Waals surface area contributed by atoms with Gasteiger partial charge < -0.3 is 10.4 Å². The third kappa shape index (κ3) is 4.18. The van der Waals surface area contributed by atoms with E-state index in [0.717, 1.165) is 25.1 Å². The van der Waals surface area contributed by atoms with Gasteiger partial charge >= 0.3 is 0 Å². The minimum absolute atomic E-state index is 0.256. The Morgan fingerprint density at radius 1 is 1.14 bits per heavy atom. The van der Waals surface area contributed by atoms with Crippen LogP contribution in [-0.2, 0) is 10.0 Å². The molecule has 6 heteroatoms. The molecule has 0 aliphatic heterocycles. The normalized spacial score (nSPS) is 23.0. The number of anilines is 1. The molecule has 3 N–H and O–H groups in total. The number of aliphatic hydroxyl groups is 1. The van der Waals surface area contributed by atoms with E-state index in [0.29, 0.717) is 11.8 Å². The Balaban J connectivity index is 1.94. The Hall–Kier alpha value is -1.11. The van der Waals surface area contributed by atoms with Gasteiger partial charge in [0.05, 0.1) is 4.90 Å². The molecular formula is C15H24N2O3S. The van der Waals surface area contributed by atoms with E-state index < -0.39 is 10.0 Å². The van der Waals surface area contributed by atoms with E-state index in [-0.39, 0.29) is 11.5 Å². The molecular weight excluding hydrogens is 288 g/mol. The van der Waals surface area contributed by atoms with E-state index in [1.54, 1.807) is 24.3 Å². The summed E-state index contributed by atoms with van der Waals surface area (Å²) in [6, 6.07) is 6.75. The summed E-state index contributed by atoms with van der Waals surface area (Å²) < 4.78 is 25.6. The summed E-state index contributed by atoms with van der Waals surface area (Å²) in [4.78, 5) is 0.265. The predicted molar refractivity (Wildman–Crippen MR) is 83.7 cm³/mol. The van der Waals surface area contributed by atoms with Gasteiger partial charge in [-0.15, -0.1) is 0 Å². The third-order valence-corrected chi connectivity index (χ3v) is 5.73. The quantitative estimate of drug-likeness (QED) is 0.748. The van der Waals surface area contributed by atoms with E-state index in [1.807, 2.05) is 0 Å². The van der Waals surface area contributed by atoms with Crippen LogP contribution >= 0.6 is 0 Å². The van der Waals surface area contributed by atoms with Crippen molar-refractivity contribution in [3.05, 3.63) is 24.3 Å². The molecule has 0 saturated heterocycles. The van der Waals surface area contributed by atoms with Crippen molar-refractivity contribution in [2.24, 2.45) is 11.8 Å². The van der Waals surface area contributed by atoms with Gasteiger partial charge in [-0.2, -0.15) is 0 Å². The molecule has 2 unspecified atom stereocenters. The highest BCUT2D eigenvalue weighted by Gasteiger charge is 2.24. The van der Waals surface area contributed by atoms with Crippen LogP contribution in [0.5, 0.6) is 0 Å². The highest BCUT2D eigenvalue weighted by molar-refractivity contribution is 7.89. The average molecular weight is 312 g/mol. The Bertz CT molecular complexity index is 543. The molecule has 1 aliphatic rings. The summed E-state index contributed by atoms with van der Waals surface area (Å²) in [5.41, 5.74) is 0.910. The molecule has 0 heterocycles. The van der Waals surface area contributed by atoms with Gasteiger partial charge in [0.1, 0.15) is 0 Å². The second-order valence-corrected chi connectivity index (χ2v) is 7.49. The largest absolute Gasteiger partial charge is 0.396 e. The molecule has 2 rings (SSSR count). The van der Waals surface area contributed by atoms with Gasteiger partial charge in [0.2, 0.25) is 10.0 Å². The van der Waals surface area contributed by atoms with Crippen molar-refractivity contribution in [3.63, 3.8) is 0 Å². The summed E-state index contributed by atoms with van der Waals surface area (Å²) in [5, 5.41) is 12.8. The summed E-state index contributed by atoms with van der Waals surface area (Å²) in [7, 11) is -1.97. The maximum atomic E-state index is 11.6. The number of aliphatic hydroxyl groups excluding tert-OH is 1. The number of rotatable bonds is 6. The van der Waals surface area contributed by atoms with Crippen LogP contribution in [0.15, 0.2) is 29.2 Å². The molecule has 21 heavy (non-hydrogen) atoms. The van der Waals surface area contributed by atoms with Gasteiger partial charge in [-0.1, -0.05) is 12.8 Å². The van der Waals surface area contributed by atoms with Crippen LogP contribution in [0.25, 0.3) is 0 Å². The minimum Gasteiger partial charge on any atom is -0.396 e. The highest BCUT2D eigenvalue weighted by atomic mass is 32.2. The van der Waals surface area contributed by atoms with Crippen LogP contribution in [0, 0.1) is 11.8 Å². The van der Waals surface area contributed by atoms with Crippen molar-refractivity contribution in [2.75, 3.05) is 25.5 Å². The summed E-state index contributed by atoms with van der Waals surface area (Å²) >= 11 is 0. The van der Waals surface area contributed by atoms with E-state index in [4.69, 9.17) is 0 Å². The first-order valence-corrected chi connectivity index (χ1v) is 8.93. The van der Waals surface area contributed by atoms with Crippen LogP contribution < -0.4 is 10.0 Å². The number of benzene rings is 1. The van der Waals surface area contributed by atoms with Gasteiger partial charge in [0, 0.05) is 18.8 Å². The zero-order chi connectivity index (χ0) is 15.3. The monoisotopic (exact) mass is 312 g/mol. The SMILES string of the molecule is CNS(=O)(=O)c1ccc(NCC2CCCCC2CO)cc1. The average Bonchev–Trinajstić information content (AvgIpc) is 2.53. The number of hydrogen-bond donors (Lipinski definition) is 3. The molecule has 0 bridgehead atoms. The maximum Gasteiger partial charge on any atom is 0.240 e. The number of hydrogen-bond acceptors (Lipinski definition) is 4. The van der Waals surface area contributed by atoms with Crippen molar-refractivity contribution in [2.45, 2.75) is 30.6 Å². The zero-order valence-electron chi connectivity index (χ0n) is 12.4. The Morgan fingerprint density at radius 3 is 2.33 bits per heavy atom. The Kier molecular flexibility index (Phi) is 5.61. The Labute approximate surface area is 126 Å². The molecule has 118 valence electrons. The molecule has 1 fully saturated rings. The van der Waals surface area contributed by atoms with Crippen molar-refractivity contribution in [3.8, 4) is 0 Å². The number of sulfonamides is 1. The van der Waals surface area contributed by atoms with Crippen LogP contribution in [0.1, 0.15) is 25.7 Å². The van der Waals surface area contributed by atoms with E-state index in [1.165, 1.54) is 19.9 Å². The second-order valence-electron chi connectivity index (χ2n) is 5.60. The summed E-state index contributed by atoms with van der Waals surface area (Å²) in [6.45, 7) is 1.08. The molecule has 5 nitrogen and oxygen atoms in total. The van der Waals surface area contributed by atoms with Gasteiger partial charge in [-0.25, -0.2) is 13.1 Å². The lowest BCUT2D eigenvalue weighted by Crippen LogP contribution is -2.28. The Morgan fingerprint density at radius 2 is 1.76 bits per heavy atom. The molecule has 1 saturated carbocycles. The van der Waals surface area contributed by atoms with E-state index in [2.05, 4.69) is 10.0 Å². The molecule has 0 spiro atoms. The fraction of sp³-hybridized carbons (Fsp3) is 0.600. The van der Waals surface area contributed by atoms with Crippen molar-refractivity contribution >= 4 is 15.7 Å². The molecule has 0 aromatic heterocycles. The smallest absolute Gasteiger partial charge is 0.240 e. The van der Waals surface area contributed by atoms with Crippen molar-refractivity contribution in [1.82, 2.24) is 4.72 Å². The predicted octanol–water partition coefficient (Wildman–Crippen LogP) is 1.81. The highest BCUT2D eigenvalue weighted by Crippen LogP contribution is 2.30. The standard InChI is InChI=1S/C15H24N2O3S/c1-16-21(19,20)15-8-6-14(7-9-15)17-10-12-4-2-3-5-13(12)11-18/h6-9,12-13,16-18H,2-5,10-11H2,1H3. The van der Waals surface area contributed by atoms with Gasteiger partial charge in [0.25, 0.3) is 0 Å². The lowest BCUT2D eigenvalue weighted by Gasteiger charge is -2.30. The summed E-state index contributed by atoms with van der Waals surface area (Å²) in [6.07, 6.45) is 4.67. The molecule has 1 aliphatic carbocycles. The zero-order valence-corrected chi connectivity index (χ0v) is 13.2. The minimum atomic E-state index is -3.37. The lowest BCUT2D eigenvalue weighted by molar-refractivity contribution is 0.141. The third-order valence-electron chi connectivity index (χ3n) is 4.30. The van der Waals surface area contributed by atoms with E-state index in [9.17, 15) is 13.5 Å². The second kappa shape index (κ2) is 7.24. The summed E-state index contributed by atoms with van der Waals surface area (Å²) in [5.74, 6) is 0.875.